The van der Waals surface area contributed by atoms with Crippen LogP contribution >= 0.6 is 15.9 Å². The Balaban J connectivity index is 1.79. The number of benzene rings is 1. The SMILES string of the molecule is CCOc1ccc(OCCn2cc(C(Br)CC)nn2)cc1. The molecule has 1 atom stereocenters. The van der Waals surface area contributed by atoms with Crippen molar-refractivity contribution < 1.29 is 9.47 Å². The Labute approximate surface area is 133 Å². The summed E-state index contributed by atoms with van der Waals surface area (Å²) in [5.41, 5.74) is 0.957. The van der Waals surface area contributed by atoms with Gasteiger partial charge in [0, 0.05) is 6.20 Å². The summed E-state index contributed by atoms with van der Waals surface area (Å²) in [6.45, 7) is 5.96. The molecule has 0 N–H and O–H groups in total. The van der Waals surface area contributed by atoms with Gasteiger partial charge >= 0.3 is 0 Å². The lowest BCUT2D eigenvalue weighted by molar-refractivity contribution is 0.288. The highest BCUT2D eigenvalue weighted by Gasteiger charge is 2.09. The first-order valence-corrected chi connectivity index (χ1v) is 8.04. The van der Waals surface area contributed by atoms with E-state index < -0.39 is 0 Å². The highest BCUT2D eigenvalue weighted by Crippen LogP contribution is 2.23. The summed E-state index contributed by atoms with van der Waals surface area (Å²) in [5.74, 6) is 1.68. The summed E-state index contributed by atoms with van der Waals surface area (Å²) < 4.78 is 12.9. The van der Waals surface area contributed by atoms with E-state index >= 15 is 0 Å². The largest absolute Gasteiger partial charge is 0.494 e. The lowest BCUT2D eigenvalue weighted by Crippen LogP contribution is -2.08. The molecule has 2 aromatic rings. The number of nitrogens with zero attached hydrogens (tertiary/aromatic N) is 3. The third kappa shape index (κ3) is 4.74. The summed E-state index contributed by atoms with van der Waals surface area (Å²) in [7, 11) is 0. The number of aromatic nitrogens is 3. The maximum atomic E-state index is 5.68. The molecular formula is C15H20BrN3O2. The van der Waals surface area contributed by atoms with Gasteiger partial charge in [0.15, 0.2) is 0 Å². The quantitative estimate of drug-likeness (QED) is 0.680. The van der Waals surface area contributed by atoms with E-state index in [2.05, 4.69) is 33.2 Å². The zero-order valence-corrected chi connectivity index (χ0v) is 13.9. The number of hydrogen-bond acceptors (Lipinski definition) is 4. The standard InChI is InChI=1S/C15H20BrN3O2/c1-3-14(16)15-11-19(18-17-15)9-10-21-13-7-5-12(6-8-13)20-4-2/h5-8,11,14H,3-4,9-10H2,1-2H3. The van der Waals surface area contributed by atoms with Crippen LogP contribution in [-0.4, -0.2) is 28.2 Å². The number of rotatable bonds is 8. The molecule has 5 nitrogen and oxygen atoms in total. The summed E-state index contributed by atoms with van der Waals surface area (Å²) in [6.07, 6.45) is 2.94. The van der Waals surface area contributed by atoms with Crippen molar-refractivity contribution in [1.82, 2.24) is 15.0 Å². The average Bonchev–Trinajstić information content (AvgIpc) is 2.97. The van der Waals surface area contributed by atoms with Gasteiger partial charge in [0.2, 0.25) is 0 Å². The number of alkyl halides is 1. The normalized spacial score (nSPS) is 12.1. The molecule has 1 heterocycles. The van der Waals surface area contributed by atoms with Crippen molar-refractivity contribution in [1.29, 1.82) is 0 Å². The second-order valence-corrected chi connectivity index (χ2v) is 5.64. The van der Waals surface area contributed by atoms with Gasteiger partial charge in [-0.15, -0.1) is 5.10 Å². The van der Waals surface area contributed by atoms with Crippen LogP contribution in [0.3, 0.4) is 0 Å². The maximum absolute atomic E-state index is 5.68. The Hall–Kier alpha value is -1.56. The minimum absolute atomic E-state index is 0.262. The molecule has 6 heteroatoms. The lowest BCUT2D eigenvalue weighted by Gasteiger charge is -2.07. The zero-order valence-electron chi connectivity index (χ0n) is 12.3. The molecule has 1 aromatic heterocycles. The summed E-state index contributed by atoms with van der Waals surface area (Å²) in [4.78, 5) is 0.262. The molecule has 0 fully saturated rings. The van der Waals surface area contributed by atoms with Crippen LogP contribution in [0, 0.1) is 0 Å². The van der Waals surface area contributed by atoms with Gasteiger partial charge in [0.05, 0.1) is 23.7 Å². The Morgan fingerprint density at radius 3 is 2.43 bits per heavy atom. The van der Waals surface area contributed by atoms with Crippen molar-refractivity contribution in [2.45, 2.75) is 31.6 Å². The molecule has 0 bridgehead atoms. The Morgan fingerprint density at radius 1 is 1.14 bits per heavy atom. The molecule has 21 heavy (non-hydrogen) atoms. The molecular weight excluding hydrogens is 334 g/mol. The molecule has 0 radical (unpaired) electrons. The average molecular weight is 354 g/mol. The maximum Gasteiger partial charge on any atom is 0.119 e. The van der Waals surface area contributed by atoms with Crippen LogP contribution in [0.25, 0.3) is 0 Å². The first kappa shape index (κ1) is 15.8. The van der Waals surface area contributed by atoms with Gasteiger partial charge < -0.3 is 9.47 Å². The predicted molar refractivity (Wildman–Crippen MR) is 85.1 cm³/mol. The fourth-order valence-electron chi connectivity index (χ4n) is 1.83. The van der Waals surface area contributed by atoms with E-state index in [9.17, 15) is 0 Å². The van der Waals surface area contributed by atoms with E-state index in [-0.39, 0.29) is 4.83 Å². The van der Waals surface area contributed by atoms with Crippen molar-refractivity contribution >= 4 is 15.9 Å². The van der Waals surface area contributed by atoms with Gasteiger partial charge in [-0.25, -0.2) is 4.68 Å². The van der Waals surface area contributed by atoms with Crippen LogP contribution in [0.1, 0.15) is 30.8 Å². The van der Waals surface area contributed by atoms with E-state index in [1.807, 2.05) is 37.4 Å². The topological polar surface area (TPSA) is 49.2 Å². The van der Waals surface area contributed by atoms with Crippen LogP contribution in [0.4, 0.5) is 0 Å². The van der Waals surface area contributed by atoms with Crippen molar-refractivity contribution in [3.8, 4) is 11.5 Å². The van der Waals surface area contributed by atoms with Crippen molar-refractivity contribution in [3.05, 3.63) is 36.2 Å². The van der Waals surface area contributed by atoms with Crippen molar-refractivity contribution in [3.63, 3.8) is 0 Å². The van der Waals surface area contributed by atoms with Crippen molar-refractivity contribution in [2.75, 3.05) is 13.2 Å². The number of hydrogen-bond donors (Lipinski definition) is 0. The smallest absolute Gasteiger partial charge is 0.119 e. The van der Waals surface area contributed by atoms with E-state index in [1.54, 1.807) is 4.68 Å². The fraction of sp³-hybridized carbons (Fsp3) is 0.467. The van der Waals surface area contributed by atoms with E-state index in [1.165, 1.54) is 0 Å². The number of halogens is 1. The van der Waals surface area contributed by atoms with E-state index in [4.69, 9.17) is 9.47 Å². The molecule has 1 aromatic carbocycles. The zero-order chi connectivity index (χ0) is 15.1. The van der Waals surface area contributed by atoms with Crippen LogP contribution in [-0.2, 0) is 6.54 Å². The van der Waals surface area contributed by atoms with Crippen LogP contribution in [0.5, 0.6) is 11.5 Å². The molecule has 0 aliphatic rings. The monoisotopic (exact) mass is 353 g/mol. The van der Waals surface area contributed by atoms with Gasteiger partial charge in [0.25, 0.3) is 0 Å². The molecule has 0 saturated heterocycles. The molecule has 0 amide bonds. The van der Waals surface area contributed by atoms with Crippen molar-refractivity contribution in [2.24, 2.45) is 0 Å². The van der Waals surface area contributed by atoms with Gasteiger partial charge in [-0.3, -0.25) is 0 Å². The molecule has 1 unspecified atom stereocenters. The first-order chi connectivity index (χ1) is 10.2. The summed E-state index contributed by atoms with van der Waals surface area (Å²) in [5, 5.41) is 8.23. The summed E-state index contributed by atoms with van der Waals surface area (Å²) in [6, 6.07) is 7.62. The second-order valence-electron chi connectivity index (χ2n) is 4.54. The lowest BCUT2D eigenvalue weighted by atomic mass is 10.3. The highest BCUT2D eigenvalue weighted by atomic mass is 79.9. The highest BCUT2D eigenvalue weighted by molar-refractivity contribution is 9.09. The predicted octanol–water partition coefficient (Wildman–Crippen LogP) is 3.60. The fourth-order valence-corrected chi connectivity index (χ4v) is 2.04. The van der Waals surface area contributed by atoms with E-state index in [0.29, 0.717) is 19.8 Å². The molecule has 0 aliphatic carbocycles. The number of ether oxygens (including phenoxy) is 2. The summed E-state index contributed by atoms with van der Waals surface area (Å²) >= 11 is 3.56. The molecule has 0 aliphatic heterocycles. The van der Waals surface area contributed by atoms with E-state index in [0.717, 1.165) is 23.6 Å². The Morgan fingerprint density at radius 2 is 1.81 bits per heavy atom. The van der Waals surface area contributed by atoms with Crippen LogP contribution in [0.2, 0.25) is 0 Å². The van der Waals surface area contributed by atoms with Gasteiger partial charge in [0.1, 0.15) is 18.1 Å². The second kappa shape index (κ2) is 8.02. The molecule has 114 valence electrons. The Bertz CT molecular complexity index is 542. The van der Waals surface area contributed by atoms with Gasteiger partial charge in [-0.2, -0.15) is 0 Å². The molecule has 0 spiro atoms. The molecule has 2 rings (SSSR count). The third-order valence-electron chi connectivity index (χ3n) is 2.96. The van der Waals surface area contributed by atoms with Crippen LogP contribution < -0.4 is 9.47 Å². The first-order valence-electron chi connectivity index (χ1n) is 7.12. The minimum Gasteiger partial charge on any atom is -0.494 e. The van der Waals surface area contributed by atoms with Crippen LogP contribution in [0.15, 0.2) is 30.5 Å². The van der Waals surface area contributed by atoms with Gasteiger partial charge in [-0.1, -0.05) is 28.1 Å². The third-order valence-corrected chi connectivity index (χ3v) is 4.08. The minimum atomic E-state index is 0.262. The Kier molecular flexibility index (Phi) is 6.04. The molecule has 0 saturated carbocycles. The van der Waals surface area contributed by atoms with Gasteiger partial charge in [-0.05, 0) is 37.6 Å².